The van der Waals surface area contributed by atoms with Crippen molar-refractivity contribution in [3.05, 3.63) is 35.5 Å². The van der Waals surface area contributed by atoms with Crippen molar-refractivity contribution in [2.75, 3.05) is 28.1 Å². The fraction of sp³-hybridized carbons (Fsp3) is 0.438. The molecule has 0 saturated carbocycles. The fourth-order valence-corrected chi connectivity index (χ4v) is 0.964. The van der Waals surface area contributed by atoms with Crippen LogP contribution in [0, 0.1) is 6.10 Å². The maximum Gasteiger partial charge on any atom is 0.190 e. The summed E-state index contributed by atoms with van der Waals surface area (Å²) in [6.45, 7) is 3.10. The first kappa shape index (κ1) is 32.8. The van der Waals surface area contributed by atoms with E-state index >= 15 is 0 Å². The number of methoxy groups -OCH3 is 3. The molecule has 153 valence electrons. The van der Waals surface area contributed by atoms with Crippen molar-refractivity contribution in [1.29, 1.82) is 0 Å². The summed E-state index contributed by atoms with van der Waals surface area (Å²) in [6.07, 6.45) is 3.97. The molecule has 0 saturated heterocycles. The molecule has 1 aliphatic carbocycles. The summed E-state index contributed by atoms with van der Waals surface area (Å²) >= 11 is 0. The largest absolute Gasteiger partial charge is 0.550 e. The molecule has 11 heteroatoms. The number of hydrogen-bond donors (Lipinski definition) is 0. The summed E-state index contributed by atoms with van der Waals surface area (Å²) in [5.74, 6) is -2.08. The minimum absolute atomic E-state index is 0. The predicted molar refractivity (Wildman–Crippen MR) is 87.7 cm³/mol. The van der Waals surface area contributed by atoms with Crippen molar-refractivity contribution in [1.82, 2.24) is 0 Å². The van der Waals surface area contributed by atoms with Gasteiger partial charge in [0.2, 0.25) is 0 Å². The Kier molecular flexibility index (Phi) is 26.9. The van der Waals surface area contributed by atoms with Gasteiger partial charge in [-0.25, -0.2) is 0 Å². The smallest absolute Gasteiger partial charge is 0.190 e. The summed E-state index contributed by atoms with van der Waals surface area (Å²) in [5, 5.41) is 26.7. The van der Waals surface area contributed by atoms with Crippen molar-refractivity contribution in [2.45, 2.75) is 20.8 Å². The van der Waals surface area contributed by atoms with Crippen LogP contribution in [0.2, 0.25) is 0 Å². The van der Waals surface area contributed by atoms with Gasteiger partial charge in [0.25, 0.3) is 0 Å². The molecule has 0 heterocycles. The molecule has 0 atom stereocenters. The van der Waals surface area contributed by atoms with E-state index in [9.17, 15) is 0 Å². The van der Waals surface area contributed by atoms with Gasteiger partial charge in [0.1, 0.15) is 5.76 Å². The van der Waals surface area contributed by atoms with E-state index < -0.39 is 17.9 Å². The molecule has 0 spiro atoms. The summed E-state index contributed by atoms with van der Waals surface area (Å²) in [5.41, 5.74) is 2.89. The number of hydrogen-bond acceptors (Lipinski definition) is 10. The number of carbonyl (C=O) groups excluding carboxylic acids is 3. The summed E-state index contributed by atoms with van der Waals surface area (Å²) < 4.78 is 20.1. The van der Waals surface area contributed by atoms with E-state index in [1.54, 1.807) is 33.5 Å². The molecule has 0 N–H and O–H groups in total. The molecule has 0 aliphatic heterocycles. The van der Waals surface area contributed by atoms with Gasteiger partial charge in [0, 0.05) is 71.6 Å². The molecule has 0 aromatic heterocycles. The molecule has 0 fully saturated rings. The standard InChI is InChI=1S/C10H13O4.3C2H4O2.Pb/c1-11-7-14-8-4-5-9(12-2)10(6-8)13-3;3*1-2(3)4;/h5-6H,7H2,1-3H3;3*1H3,(H,3,4);/p-3. The quantitative estimate of drug-likeness (QED) is 0.190. The molecule has 0 aromatic rings. The zero-order chi connectivity index (χ0) is 21.1. The Labute approximate surface area is 178 Å². The van der Waals surface area contributed by atoms with E-state index in [1.807, 2.05) is 0 Å². The first-order chi connectivity index (χ1) is 12.0. The monoisotopic (exact) mass is 582 g/mol. The number of aliphatic carboxylic acids is 3. The molecule has 0 amide bonds. The van der Waals surface area contributed by atoms with E-state index in [0.29, 0.717) is 17.6 Å². The average Bonchev–Trinajstić information content (AvgIpc) is 2.51. The molecule has 1 rings (SSSR count). The molecule has 1 aliphatic rings. The van der Waals surface area contributed by atoms with Crippen LogP contribution in [0.25, 0.3) is 0 Å². The van der Waals surface area contributed by atoms with Crippen LogP contribution in [0.3, 0.4) is 0 Å². The fourth-order valence-electron chi connectivity index (χ4n) is 0.964. The Morgan fingerprint density at radius 3 is 1.63 bits per heavy atom. The number of rotatable bonds is 5. The van der Waals surface area contributed by atoms with Gasteiger partial charge in [-0.3, -0.25) is 0 Å². The molecule has 0 bridgehead atoms. The van der Waals surface area contributed by atoms with Gasteiger partial charge in [0.05, 0.1) is 7.11 Å². The van der Waals surface area contributed by atoms with Gasteiger partial charge in [0.15, 0.2) is 18.7 Å². The molecule has 27 heavy (non-hydrogen) atoms. The van der Waals surface area contributed by atoms with E-state index in [2.05, 4.69) is 5.73 Å². The second-order valence-corrected chi connectivity index (χ2v) is 3.96. The third-order valence-electron chi connectivity index (χ3n) is 1.62. The van der Waals surface area contributed by atoms with Crippen LogP contribution in [-0.4, -0.2) is 73.3 Å². The van der Waals surface area contributed by atoms with Gasteiger partial charge >= 0.3 is 0 Å². The Bertz CT molecular complexity index is 481. The maximum atomic E-state index is 8.89. The van der Waals surface area contributed by atoms with E-state index in [1.165, 1.54) is 0 Å². The van der Waals surface area contributed by atoms with Crippen molar-refractivity contribution in [3.63, 3.8) is 0 Å². The number of carboxylic acids is 3. The summed E-state index contributed by atoms with van der Waals surface area (Å²) in [6, 6.07) is 0. The van der Waals surface area contributed by atoms with E-state index in [4.69, 9.17) is 48.7 Å². The third kappa shape index (κ3) is 32.3. The van der Waals surface area contributed by atoms with Gasteiger partial charge in [-0.2, -0.15) is 0 Å². The maximum absolute atomic E-state index is 8.89. The predicted octanol–water partition coefficient (Wildman–Crippen LogP) is -2.74. The average molecular weight is 582 g/mol. The Hall–Kier alpha value is -1.89. The molecular formula is C16H22O10Pb-3. The number of carbonyl (C=O) groups is 3. The van der Waals surface area contributed by atoms with Crippen molar-refractivity contribution in [2.24, 2.45) is 0 Å². The van der Waals surface area contributed by atoms with Crippen molar-refractivity contribution in [3.8, 4) is 0 Å². The van der Waals surface area contributed by atoms with Crippen LogP contribution in [-0.2, 0) is 33.3 Å². The SMILES string of the molecule is CC(=O)[O-].CC(=O)[O-].CC(=O)[O-].COCOC1=C=C[C](OC)C(OC)=C1.[Pb]. The first-order valence-electron chi connectivity index (χ1n) is 6.79. The van der Waals surface area contributed by atoms with Crippen LogP contribution in [0.15, 0.2) is 29.4 Å². The number of ether oxygens (including phenoxy) is 4. The molecule has 10 nitrogen and oxygen atoms in total. The minimum atomic E-state index is -1.08. The van der Waals surface area contributed by atoms with Gasteiger partial charge in [-0.1, -0.05) is 5.73 Å². The Balaban J connectivity index is -0.000000169. The second-order valence-electron chi connectivity index (χ2n) is 3.96. The molecule has 0 unspecified atom stereocenters. The molecule has 5 radical (unpaired) electrons. The molecule has 0 aromatic carbocycles. The van der Waals surface area contributed by atoms with Crippen LogP contribution >= 0.6 is 0 Å². The van der Waals surface area contributed by atoms with Crippen molar-refractivity contribution >= 4 is 45.2 Å². The first-order valence-corrected chi connectivity index (χ1v) is 6.79. The van der Waals surface area contributed by atoms with Crippen LogP contribution in [0.4, 0.5) is 0 Å². The van der Waals surface area contributed by atoms with Gasteiger partial charge in [-0.15, -0.1) is 0 Å². The summed E-state index contributed by atoms with van der Waals surface area (Å²) in [7, 11) is 4.69. The van der Waals surface area contributed by atoms with Crippen LogP contribution in [0.1, 0.15) is 20.8 Å². The van der Waals surface area contributed by atoms with Gasteiger partial charge < -0.3 is 48.7 Å². The van der Waals surface area contributed by atoms with Crippen molar-refractivity contribution < 1.29 is 48.7 Å². The Morgan fingerprint density at radius 1 is 0.926 bits per heavy atom. The van der Waals surface area contributed by atoms with E-state index in [0.717, 1.165) is 20.8 Å². The Morgan fingerprint density at radius 2 is 1.33 bits per heavy atom. The van der Waals surface area contributed by atoms with Crippen LogP contribution < -0.4 is 15.3 Å². The zero-order valence-corrected chi connectivity index (χ0v) is 19.8. The van der Waals surface area contributed by atoms with E-state index in [-0.39, 0.29) is 34.1 Å². The normalized spacial score (nSPS) is 11.2. The summed E-state index contributed by atoms with van der Waals surface area (Å²) in [4.78, 5) is 26.7. The topological polar surface area (TPSA) is 157 Å². The molecular weight excluding hydrogens is 559 g/mol. The number of carboxylic acid groups (broad SMARTS) is 3. The third-order valence-corrected chi connectivity index (χ3v) is 1.62. The van der Waals surface area contributed by atoms with Gasteiger partial charge in [-0.05, 0) is 20.8 Å². The second kappa shape index (κ2) is 22.2. The zero-order valence-electron chi connectivity index (χ0n) is 15.9. The van der Waals surface area contributed by atoms with Crippen LogP contribution in [0.5, 0.6) is 0 Å². The minimum Gasteiger partial charge on any atom is -0.550 e.